The number of piperazine rings is 4. The fourth-order valence-corrected chi connectivity index (χ4v) is 19.7. The first-order valence-corrected chi connectivity index (χ1v) is 49.7. The summed E-state index contributed by atoms with van der Waals surface area (Å²) in [5.74, 6) is 7.88. The van der Waals surface area contributed by atoms with Gasteiger partial charge in [0.05, 0.1) is 22.1 Å². The third-order valence-electron chi connectivity index (χ3n) is 26.5. The van der Waals surface area contributed by atoms with Gasteiger partial charge < -0.3 is 60.5 Å². The molecule has 8 aliphatic rings. The highest BCUT2D eigenvalue weighted by atomic mass is 35.5. The van der Waals surface area contributed by atoms with Gasteiger partial charge in [0.1, 0.15) is 23.3 Å². The first-order valence-electron chi connectivity index (χ1n) is 48.2. The molecular formula is C100H128Cl4N28. The van der Waals surface area contributed by atoms with Crippen LogP contribution < -0.4 is 60.5 Å². The van der Waals surface area contributed by atoms with Crippen molar-refractivity contribution < 1.29 is 0 Å². The van der Waals surface area contributed by atoms with Crippen LogP contribution in [0.5, 0.6) is 0 Å². The number of nitrogens with zero attached hydrogens (tertiary/aromatic N) is 24. The van der Waals surface area contributed by atoms with Crippen molar-refractivity contribution in [1.82, 2.24) is 79.4 Å². The topological polar surface area (TPSA) is 242 Å². The predicted molar refractivity (Wildman–Crippen MR) is 547 cm³/mol. The van der Waals surface area contributed by atoms with E-state index in [2.05, 4.69) is 142 Å². The number of hydrogen-bond donors (Lipinski definition) is 4. The van der Waals surface area contributed by atoms with Crippen LogP contribution in [0.2, 0.25) is 20.1 Å². The second-order valence-electron chi connectivity index (χ2n) is 35.8. The van der Waals surface area contributed by atoms with E-state index in [4.69, 9.17) is 76.3 Å². The maximum atomic E-state index is 6.11. The number of hydrogen-bond acceptors (Lipinski definition) is 28. The van der Waals surface area contributed by atoms with Gasteiger partial charge in [0.2, 0.25) is 23.8 Å². The SMILES string of the molecule is Cc1cc(N2CCN(CCCNc3ccnc4cc(Cl)ccc34)CC2)nc(N2CCCCC2)n1.Cc1cc(N2CCN(CCNc3ccnc4cc(Cl)ccc34)CC2)nc(N2CCCCC2)n1.Clc1ccc2c(NCCCN3CCN(c4ccnc(N5CCCCC5)n4)CC3)ccnc2c1.Clc1ccc2c(NCCN3CCN(c4ccnc(N5CCCCC5)n4)CC3)ccnc2c1. The molecule has 20 rings (SSSR count). The molecule has 696 valence electrons. The van der Waals surface area contributed by atoms with Crippen molar-refractivity contribution in [3.63, 3.8) is 0 Å². The Hall–Kier alpha value is -10.6. The van der Waals surface area contributed by atoms with Crippen LogP contribution in [0.25, 0.3) is 43.6 Å². The normalized spacial score (nSPS) is 17.5. The fourth-order valence-electron chi connectivity index (χ4n) is 19.0. The van der Waals surface area contributed by atoms with Crippen LogP contribution in [0.15, 0.2) is 159 Å². The maximum absolute atomic E-state index is 6.11. The summed E-state index contributed by atoms with van der Waals surface area (Å²) in [5.41, 5.74) is 10.3. The fraction of sp³-hybridized carbons (Fsp3) is 0.480. The van der Waals surface area contributed by atoms with Gasteiger partial charge in [-0.3, -0.25) is 39.5 Å². The van der Waals surface area contributed by atoms with E-state index in [0.717, 1.165) is 357 Å². The lowest BCUT2D eigenvalue weighted by Gasteiger charge is -2.36. The van der Waals surface area contributed by atoms with Gasteiger partial charge in [-0.05, 0) is 226 Å². The molecule has 132 heavy (non-hydrogen) atoms. The highest BCUT2D eigenvalue weighted by Crippen LogP contribution is 2.33. The molecule has 0 aliphatic carbocycles. The molecule has 0 bridgehead atoms. The minimum Gasteiger partial charge on any atom is -0.384 e. The van der Waals surface area contributed by atoms with Crippen LogP contribution in [0, 0.1) is 13.8 Å². The van der Waals surface area contributed by atoms with Gasteiger partial charge in [0.15, 0.2) is 0 Å². The Morgan fingerprint density at radius 1 is 0.235 bits per heavy atom. The zero-order valence-corrected chi connectivity index (χ0v) is 79.8. The zero-order valence-electron chi connectivity index (χ0n) is 76.8. The first kappa shape index (κ1) is 93.3. The molecular weight excluding hydrogens is 1740 g/mol. The Kier molecular flexibility index (Phi) is 33.1. The third kappa shape index (κ3) is 25.7. The first-order chi connectivity index (χ1) is 64.8. The zero-order chi connectivity index (χ0) is 90.2. The number of pyridine rings is 4. The monoisotopic (exact) mass is 1860 g/mol. The van der Waals surface area contributed by atoms with Crippen molar-refractivity contribution in [2.45, 2.75) is 104 Å². The van der Waals surface area contributed by atoms with E-state index in [1.807, 2.05) is 140 Å². The smallest absolute Gasteiger partial charge is 0.227 e. The van der Waals surface area contributed by atoms with Crippen molar-refractivity contribution in [1.29, 1.82) is 0 Å². The van der Waals surface area contributed by atoms with Crippen molar-refractivity contribution >= 4 is 160 Å². The van der Waals surface area contributed by atoms with Crippen LogP contribution >= 0.6 is 46.4 Å². The van der Waals surface area contributed by atoms with E-state index in [1.54, 1.807) is 0 Å². The van der Waals surface area contributed by atoms with Crippen LogP contribution in [0.1, 0.15) is 101 Å². The molecule has 0 radical (unpaired) electrons. The minimum absolute atomic E-state index is 0.715. The lowest BCUT2D eigenvalue weighted by Crippen LogP contribution is -2.48. The lowest BCUT2D eigenvalue weighted by molar-refractivity contribution is 0.256. The number of rotatable bonds is 26. The average Bonchev–Trinajstić information content (AvgIpc) is 0.827. The minimum atomic E-state index is 0.715. The van der Waals surface area contributed by atoms with Crippen molar-refractivity contribution in [3.05, 3.63) is 190 Å². The summed E-state index contributed by atoms with van der Waals surface area (Å²) in [7, 11) is 0. The van der Waals surface area contributed by atoms with Crippen LogP contribution in [-0.2, 0) is 0 Å². The molecule has 32 heteroatoms. The number of piperidine rings is 4. The van der Waals surface area contributed by atoms with Crippen LogP contribution in [-0.4, -0.2) is 289 Å². The van der Waals surface area contributed by atoms with Crippen molar-refractivity contribution in [2.24, 2.45) is 0 Å². The third-order valence-corrected chi connectivity index (χ3v) is 27.4. The molecule has 8 fully saturated rings. The molecule has 4 N–H and O–H groups in total. The molecule has 8 saturated heterocycles. The van der Waals surface area contributed by atoms with Gasteiger partial charge in [-0.25, -0.2) is 19.9 Å². The number of fused-ring (bicyclic) bond motifs is 4. The summed E-state index contributed by atoms with van der Waals surface area (Å²) in [6.45, 7) is 37.1. The van der Waals surface area contributed by atoms with Crippen LogP contribution in [0.3, 0.4) is 0 Å². The molecule has 0 unspecified atom stereocenters. The summed E-state index contributed by atoms with van der Waals surface area (Å²) in [6, 6.07) is 40.0. The number of halogens is 4. The van der Waals surface area contributed by atoms with E-state index in [0.29, 0.717) is 10.0 Å². The maximum Gasteiger partial charge on any atom is 0.227 e. The molecule has 0 spiro atoms. The Bertz CT molecular complexity index is 5690. The number of nitrogens with one attached hydrogen (secondary N) is 4. The molecule has 8 aromatic heterocycles. The van der Waals surface area contributed by atoms with E-state index >= 15 is 0 Å². The Morgan fingerprint density at radius 2 is 0.492 bits per heavy atom. The molecule has 12 aromatic rings. The molecule has 0 amide bonds. The molecule has 8 aliphatic heterocycles. The molecule has 0 saturated carbocycles. The second-order valence-corrected chi connectivity index (χ2v) is 37.5. The standard InChI is InChI=1S/C26H34ClN7.2C25H32ClN7.C24H30ClN7/c1-20-18-25(31-26(30-20)34-12-3-2-4-13-34)33-16-14-32(15-17-33)11-5-9-28-23-8-10-29-24-19-21(27)6-7-22(23)24;1-19-17-24(30-25(29-19)33-10-3-2-4-11-33)32-15-13-31(14-16-32)12-9-28-22-7-8-27-23-18-20(26)5-6-21(22)23;26-20-5-6-21-22(7-10-28-23(21)19-20)27-9-4-12-31-15-17-32(18-16-31)24-8-11-29-25(30-24)33-13-2-1-3-14-33;25-19-4-5-20-21(6-8-26-22(20)18-19)27-10-13-30-14-16-31(17-15-30)23-7-9-28-24(29-23)32-11-2-1-3-12-32/h6-8,10,18-19H,2-5,9,11-17H2,1H3,(H,28,29);5-8,17-18H,2-4,9-16H2,1H3,(H,27,28);5-8,10-11,19H,1-4,9,12-18H2,(H,27,28);4-9,18H,1-3,10-17H2,(H,26,27). The quantitative estimate of drug-likeness (QED) is 0.0368. The number of aryl methyl sites for hydroxylation is 2. The van der Waals surface area contributed by atoms with Gasteiger partial charge in [0, 0.05) is 321 Å². The molecule has 16 heterocycles. The van der Waals surface area contributed by atoms with Gasteiger partial charge in [0.25, 0.3) is 0 Å². The van der Waals surface area contributed by atoms with Crippen molar-refractivity contribution in [3.8, 4) is 0 Å². The van der Waals surface area contributed by atoms with E-state index in [-0.39, 0.29) is 0 Å². The number of anilines is 12. The van der Waals surface area contributed by atoms with Gasteiger partial charge in [-0.2, -0.15) is 19.9 Å². The Labute approximate surface area is 797 Å². The summed E-state index contributed by atoms with van der Waals surface area (Å²) in [6.07, 6.45) is 28.6. The van der Waals surface area contributed by atoms with E-state index in [9.17, 15) is 0 Å². The van der Waals surface area contributed by atoms with Crippen molar-refractivity contribution in [2.75, 3.05) is 270 Å². The highest BCUT2D eigenvalue weighted by molar-refractivity contribution is 6.32. The van der Waals surface area contributed by atoms with Gasteiger partial charge >= 0.3 is 0 Å². The lowest BCUT2D eigenvalue weighted by atomic mass is 10.1. The summed E-state index contributed by atoms with van der Waals surface area (Å²) >= 11 is 24.4. The Balaban J connectivity index is 0.000000123. The average molecular weight is 1860 g/mol. The Morgan fingerprint density at radius 3 is 0.795 bits per heavy atom. The molecule has 0 atom stereocenters. The van der Waals surface area contributed by atoms with Gasteiger partial charge in [-0.15, -0.1) is 0 Å². The summed E-state index contributed by atoms with van der Waals surface area (Å²) < 4.78 is 0. The predicted octanol–water partition coefficient (Wildman–Crippen LogP) is 17.0. The van der Waals surface area contributed by atoms with Gasteiger partial charge in [-0.1, -0.05) is 46.4 Å². The van der Waals surface area contributed by atoms with E-state index in [1.165, 1.54) is 77.0 Å². The molecule has 4 aromatic carbocycles. The highest BCUT2D eigenvalue weighted by Gasteiger charge is 2.28. The molecule has 28 nitrogen and oxygen atoms in total. The number of benzene rings is 4. The number of aromatic nitrogens is 12. The van der Waals surface area contributed by atoms with E-state index < -0.39 is 0 Å². The van der Waals surface area contributed by atoms with Crippen LogP contribution in [0.4, 0.5) is 69.8 Å². The summed E-state index contributed by atoms with van der Waals surface area (Å²) in [5, 5.41) is 21.6. The second kappa shape index (κ2) is 46.9. The largest absolute Gasteiger partial charge is 0.384 e. The summed E-state index contributed by atoms with van der Waals surface area (Å²) in [4.78, 5) is 84.9.